The number of amides is 1. The summed E-state index contributed by atoms with van der Waals surface area (Å²) in [7, 11) is 0. The number of hydrogen-bond donors (Lipinski definition) is 1. The molecule has 13 heavy (non-hydrogen) atoms. The summed E-state index contributed by atoms with van der Waals surface area (Å²) in [6, 6.07) is 0. The van der Waals surface area contributed by atoms with Crippen LogP contribution in [-0.4, -0.2) is 18.7 Å². The Labute approximate surface area is 78.8 Å². The Balaban J connectivity index is 1.93. The van der Waals surface area contributed by atoms with Gasteiger partial charge in [0, 0.05) is 0 Å². The molecule has 1 saturated carbocycles. The van der Waals surface area contributed by atoms with Crippen molar-refractivity contribution in [2.45, 2.75) is 39.2 Å². The van der Waals surface area contributed by atoms with Gasteiger partial charge in [-0.05, 0) is 30.6 Å². The van der Waals surface area contributed by atoms with E-state index in [0.717, 1.165) is 0 Å². The zero-order valence-corrected chi connectivity index (χ0v) is 8.30. The topological polar surface area (TPSA) is 38.3 Å². The third-order valence-corrected chi connectivity index (χ3v) is 3.24. The first-order chi connectivity index (χ1) is 6.07. The zero-order valence-electron chi connectivity index (χ0n) is 8.30. The first kappa shape index (κ1) is 8.85. The van der Waals surface area contributed by atoms with Gasteiger partial charge in [-0.15, -0.1) is 0 Å². The fraction of sp³-hybridized carbons (Fsp3) is 0.900. The molecule has 0 aromatic carbocycles. The summed E-state index contributed by atoms with van der Waals surface area (Å²) in [4.78, 5) is 10.8. The number of carbonyl (C=O) groups excluding carboxylic acids is 1. The van der Waals surface area contributed by atoms with E-state index in [1.807, 2.05) is 0 Å². The van der Waals surface area contributed by atoms with Gasteiger partial charge in [-0.1, -0.05) is 13.8 Å². The number of hydrogen-bond acceptors (Lipinski definition) is 2. The summed E-state index contributed by atoms with van der Waals surface area (Å²) >= 11 is 0. The van der Waals surface area contributed by atoms with Crippen LogP contribution in [0.25, 0.3) is 0 Å². The van der Waals surface area contributed by atoms with Crippen LogP contribution in [0.1, 0.15) is 33.1 Å². The van der Waals surface area contributed by atoms with Gasteiger partial charge < -0.3 is 10.1 Å². The molecule has 0 aromatic rings. The molecule has 3 heteroatoms. The van der Waals surface area contributed by atoms with E-state index in [4.69, 9.17) is 4.74 Å². The van der Waals surface area contributed by atoms with Crippen molar-refractivity contribution in [1.82, 2.24) is 5.32 Å². The van der Waals surface area contributed by atoms with E-state index in [9.17, 15) is 4.79 Å². The van der Waals surface area contributed by atoms with Crippen molar-refractivity contribution in [1.29, 1.82) is 0 Å². The van der Waals surface area contributed by atoms with Crippen LogP contribution in [0.15, 0.2) is 0 Å². The molecule has 1 amide bonds. The van der Waals surface area contributed by atoms with Gasteiger partial charge in [-0.3, -0.25) is 0 Å². The quantitative estimate of drug-likeness (QED) is 0.674. The largest absolute Gasteiger partial charge is 0.444 e. The Kier molecular flexibility index (Phi) is 1.97. The van der Waals surface area contributed by atoms with E-state index in [0.29, 0.717) is 17.9 Å². The Morgan fingerprint density at radius 2 is 2.31 bits per heavy atom. The van der Waals surface area contributed by atoms with Crippen LogP contribution >= 0.6 is 0 Å². The third-order valence-electron chi connectivity index (χ3n) is 3.24. The first-order valence-electron chi connectivity index (χ1n) is 5.01. The minimum Gasteiger partial charge on any atom is -0.444 e. The first-order valence-corrected chi connectivity index (χ1v) is 5.01. The molecule has 2 unspecified atom stereocenters. The summed E-state index contributed by atoms with van der Waals surface area (Å²) in [5.74, 6) is 0.578. The average Bonchev–Trinajstić information content (AvgIpc) is 2.56. The second-order valence-electron chi connectivity index (χ2n) is 4.99. The van der Waals surface area contributed by atoms with Crippen LogP contribution in [0.4, 0.5) is 4.79 Å². The van der Waals surface area contributed by atoms with Gasteiger partial charge in [-0.25, -0.2) is 4.79 Å². The van der Waals surface area contributed by atoms with Crippen molar-refractivity contribution in [3.05, 3.63) is 0 Å². The molecule has 3 nitrogen and oxygen atoms in total. The predicted octanol–water partition coefficient (Wildman–Crippen LogP) is 1.92. The zero-order chi connectivity index (χ0) is 9.47. The second kappa shape index (κ2) is 2.89. The lowest BCUT2D eigenvalue weighted by Gasteiger charge is -2.19. The maximum atomic E-state index is 10.8. The highest BCUT2D eigenvalue weighted by Gasteiger charge is 2.39. The van der Waals surface area contributed by atoms with Gasteiger partial charge >= 0.3 is 6.09 Å². The lowest BCUT2D eigenvalue weighted by atomic mass is 9.89. The number of ether oxygens (including phenoxy) is 1. The number of carbonyl (C=O) groups is 1. The smallest absolute Gasteiger partial charge is 0.407 e. The molecule has 2 aliphatic rings. The summed E-state index contributed by atoms with van der Waals surface area (Å²) in [5, 5.41) is 2.71. The normalized spacial score (nSPS) is 37.2. The molecule has 1 aliphatic carbocycles. The van der Waals surface area contributed by atoms with Crippen LogP contribution in [0.5, 0.6) is 0 Å². The van der Waals surface area contributed by atoms with Gasteiger partial charge in [0.1, 0.15) is 6.10 Å². The monoisotopic (exact) mass is 183 g/mol. The Morgan fingerprint density at radius 1 is 1.54 bits per heavy atom. The third kappa shape index (κ3) is 1.79. The molecule has 1 saturated heterocycles. The minimum atomic E-state index is -0.241. The molecule has 2 atom stereocenters. The molecule has 2 rings (SSSR count). The van der Waals surface area contributed by atoms with Gasteiger partial charge in [0.15, 0.2) is 0 Å². The van der Waals surface area contributed by atoms with E-state index in [-0.39, 0.29) is 12.2 Å². The summed E-state index contributed by atoms with van der Waals surface area (Å²) in [5.41, 5.74) is 0.444. The molecule has 0 spiro atoms. The van der Waals surface area contributed by atoms with Crippen molar-refractivity contribution in [2.24, 2.45) is 11.3 Å². The minimum absolute atomic E-state index is 0.134. The van der Waals surface area contributed by atoms with Gasteiger partial charge in [-0.2, -0.15) is 0 Å². The number of rotatable bonds is 1. The van der Waals surface area contributed by atoms with Crippen LogP contribution in [0.2, 0.25) is 0 Å². The van der Waals surface area contributed by atoms with Crippen molar-refractivity contribution < 1.29 is 9.53 Å². The molecule has 1 N–H and O–H groups in total. The molecule has 74 valence electrons. The molecule has 0 radical (unpaired) electrons. The predicted molar refractivity (Wildman–Crippen MR) is 49.4 cm³/mol. The van der Waals surface area contributed by atoms with E-state index in [1.165, 1.54) is 19.3 Å². The second-order valence-corrected chi connectivity index (χ2v) is 4.99. The van der Waals surface area contributed by atoms with E-state index >= 15 is 0 Å². The standard InChI is InChI=1S/C10H17NO2/c1-10(2)4-3-7(5-10)8-6-11-9(12)13-8/h7-8H,3-6H2,1-2H3,(H,11,12). The van der Waals surface area contributed by atoms with Crippen LogP contribution in [-0.2, 0) is 4.74 Å². The van der Waals surface area contributed by atoms with Gasteiger partial charge in [0.25, 0.3) is 0 Å². The molecule has 1 heterocycles. The van der Waals surface area contributed by atoms with E-state index < -0.39 is 0 Å². The highest BCUT2D eigenvalue weighted by atomic mass is 16.6. The van der Waals surface area contributed by atoms with Gasteiger partial charge in [0.05, 0.1) is 6.54 Å². The fourth-order valence-corrected chi connectivity index (χ4v) is 2.48. The highest BCUT2D eigenvalue weighted by Crippen LogP contribution is 2.43. The van der Waals surface area contributed by atoms with Crippen LogP contribution in [0.3, 0.4) is 0 Å². The number of nitrogens with one attached hydrogen (secondary N) is 1. The number of alkyl carbamates (subject to hydrolysis) is 1. The van der Waals surface area contributed by atoms with Crippen molar-refractivity contribution >= 4 is 6.09 Å². The molecular weight excluding hydrogens is 166 g/mol. The Bertz CT molecular complexity index is 225. The Morgan fingerprint density at radius 3 is 2.77 bits per heavy atom. The average molecular weight is 183 g/mol. The maximum absolute atomic E-state index is 10.8. The maximum Gasteiger partial charge on any atom is 0.407 e. The Hall–Kier alpha value is -0.730. The number of cyclic esters (lactones) is 1. The van der Waals surface area contributed by atoms with Gasteiger partial charge in [0.2, 0.25) is 0 Å². The summed E-state index contributed by atoms with van der Waals surface area (Å²) in [6.45, 7) is 5.29. The molecule has 2 fully saturated rings. The van der Waals surface area contributed by atoms with Crippen LogP contribution < -0.4 is 5.32 Å². The molecule has 0 aromatic heterocycles. The molecule has 1 aliphatic heterocycles. The van der Waals surface area contributed by atoms with Crippen molar-refractivity contribution in [3.63, 3.8) is 0 Å². The lowest BCUT2D eigenvalue weighted by Crippen LogP contribution is -2.23. The lowest BCUT2D eigenvalue weighted by molar-refractivity contribution is 0.102. The van der Waals surface area contributed by atoms with Crippen molar-refractivity contribution in [3.8, 4) is 0 Å². The SMILES string of the molecule is CC1(C)CCC(C2CNC(=O)O2)C1. The summed E-state index contributed by atoms with van der Waals surface area (Å²) in [6.07, 6.45) is 3.54. The fourth-order valence-electron chi connectivity index (χ4n) is 2.48. The molecule has 0 bridgehead atoms. The summed E-state index contributed by atoms with van der Waals surface area (Å²) < 4.78 is 5.19. The molecular formula is C10H17NO2. The highest BCUT2D eigenvalue weighted by molar-refractivity contribution is 5.69. The van der Waals surface area contributed by atoms with E-state index in [2.05, 4.69) is 19.2 Å². The van der Waals surface area contributed by atoms with E-state index in [1.54, 1.807) is 0 Å². The van der Waals surface area contributed by atoms with Crippen LogP contribution in [0, 0.1) is 11.3 Å². The van der Waals surface area contributed by atoms with Crippen molar-refractivity contribution in [2.75, 3.05) is 6.54 Å².